The number of rotatable bonds is 6. The maximum Gasteiger partial charge on any atom is 0.325 e. The minimum absolute atomic E-state index is 0.148. The Morgan fingerprint density at radius 2 is 2.00 bits per heavy atom. The molecule has 1 aromatic heterocycles. The lowest BCUT2D eigenvalue weighted by Gasteiger charge is -2.31. The zero-order valence-corrected chi connectivity index (χ0v) is 12.5. The molecule has 0 fully saturated rings. The number of carbonyl (C=O) groups excluding carboxylic acids is 1. The minimum Gasteiger partial charge on any atom is -0.465 e. The van der Waals surface area contributed by atoms with E-state index >= 15 is 0 Å². The van der Waals surface area contributed by atoms with Crippen molar-refractivity contribution in [2.75, 3.05) is 13.2 Å². The molecule has 0 amide bonds. The summed E-state index contributed by atoms with van der Waals surface area (Å²) >= 11 is 0. The number of hydrogen-bond acceptors (Lipinski definition) is 4. The lowest BCUT2D eigenvalue weighted by atomic mass is 9.87. The second-order valence-corrected chi connectivity index (χ2v) is 5.80. The molecule has 0 bridgehead atoms. The number of carbonyl (C=O) groups is 1. The highest BCUT2D eigenvalue weighted by Crippen LogP contribution is 2.20. The zero-order valence-electron chi connectivity index (χ0n) is 12.5. The van der Waals surface area contributed by atoms with Crippen molar-refractivity contribution in [3.8, 4) is 0 Å². The third-order valence-corrected chi connectivity index (χ3v) is 3.12. The standard InChI is InChI=1S/C15H24N2O2/c1-6-19-13(18)15(4,5)17-11-14(2,3)12-9-7-8-10-16-12/h7-10,17H,6,11H2,1-5H3. The van der Waals surface area contributed by atoms with Gasteiger partial charge in [-0.3, -0.25) is 9.78 Å². The Morgan fingerprint density at radius 3 is 2.53 bits per heavy atom. The van der Waals surface area contributed by atoms with E-state index < -0.39 is 5.54 Å². The molecule has 0 saturated heterocycles. The van der Waals surface area contributed by atoms with Crippen LogP contribution in [-0.2, 0) is 14.9 Å². The third-order valence-electron chi connectivity index (χ3n) is 3.12. The Balaban J connectivity index is 2.67. The SMILES string of the molecule is CCOC(=O)C(C)(C)NCC(C)(C)c1ccccn1. The Kier molecular flexibility index (Phi) is 5.06. The number of nitrogens with zero attached hydrogens (tertiary/aromatic N) is 1. The molecule has 0 spiro atoms. The van der Waals surface area contributed by atoms with E-state index in [0.717, 1.165) is 5.69 Å². The van der Waals surface area contributed by atoms with E-state index in [2.05, 4.69) is 24.1 Å². The van der Waals surface area contributed by atoms with Crippen LogP contribution in [0.5, 0.6) is 0 Å². The monoisotopic (exact) mass is 264 g/mol. The summed E-state index contributed by atoms with van der Waals surface area (Å²) in [5, 5.41) is 3.27. The predicted octanol–water partition coefficient (Wildman–Crippen LogP) is 2.29. The molecule has 1 N–H and O–H groups in total. The highest BCUT2D eigenvalue weighted by Gasteiger charge is 2.32. The molecule has 106 valence electrons. The van der Waals surface area contributed by atoms with Gasteiger partial charge < -0.3 is 10.1 Å². The highest BCUT2D eigenvalue weighted by molar-refractivity contribution is 5.79. The average molecular weight is 264 g/mol. The highest BCUT2D eigenvalue weighted by atomic mass is 16.5. The molecule has 0 aliphatic heterocycles. The van der Waals surface area contributed by atoms with Crippen molar-refractivity contribution in [3.05, 3.63) is 30.1 Å². The predicted molar refractivity (Wildman–Crippen MR) is 76.0 cm³/mol. The van der Waals surface area contributed by atoms with E-state index in [9.17, 15) is 4.79 Å². The van der Waals surface area contributed by atoms with Gasteiger partial charge in [0, 0.05) is 23.9 Å². The first-order chi connectivity index (χ1) is 8.79. The van der Waals surface area contributed by atoms with Crippen LogP contribution < -0.4 is 5.32 Å². The summed E-state index contributed by atoms with van der Waals surface area (Å²) in [4.78, 5) is 16.2. The first-order valence-electron chi connectivity index (χ1n) is 6.63. The van der Waals surface area contributed by atoms with E-state index in [1.165, 1.54) is 0 Å². The van der Waals surface area contributed by atoms with Crippen molar-refractivity contribution in [1.82, 2.24) is 10.3 Å². The van der Waals surface area contributed by atoms with Gasteiger partial charge in [0.05, 0.1) is 6.61 Å². The van der Waals surface area contributed by atoms with Crippen LogP contribution in [-0.4, -0.2) is 29.6 Å². The van der Waals surface area contributed by atoms with Crippen LogP contribution in [0, 0.1) is 0 Å². The lowest BCUT2D eigenvalue weighted by molar-refractivity contribution is -0.149. The summed E-state index contributed by atoms with van der Waals surface area (Å²) < 4.78 is 5.06. The summed E-state index contributed by atoms with van der Waals surface area (Å²) in [5.41, 5.74) is 0.162. The second-order valence-electron chi connectivity index (χ2n) is 5.80. The molecule has 0 radical (unpaired) electrons. The van der Waals surface area contributed by atoms with E-state index in [1.807, 2.05) is 39.0 Å². The molecule has 0 atom stereocenters. The van der Waals surface area contributed by atoms with Gasteiger partial charge in [-0.05, 0) is 32.9 Å². The van der Waals surface area contributed by atoms with E-state index in [-0.39, 0.29) is 11.4 Å². The van der Waals surface area contributed by atoms with E-state index in [0.29, 0.717) is 13.2 Å². The van der Waals surface area contributed by atoms with Crippen LogP contribution in [0.3, 0.4) is 0 Å². The number of esters is 1. The van der Waals surface area contributed by atoms with Crippen LogP contribution >= 0.6 is 0 Å². The largest absolute Gasteiger partial charge is 0.465 e. The van der Waals surface area contributed by atoms with Gasteiger partial charge in [-0.15, -0.1) is 0 Å². The summed E-state index contributed by atoms with van der Waals surface area (Å²) in [6.45, 7) is 10.7. The molecule has 0 saturated carbocycles. The number of nitrogens with one attached hydrogen (secondary N) is 1. The smallest absolute Gasteiger partial charge is 0.325 e. The summed E-state index contributed by atoms with van der Waals surface area (Å²) in [5.74, 6) is -0.230. The molecule has 1 heterocycles. The Bertz CT molecular complexity index is 413. The Hall–Kier alpha value is -1.42. The molecule has 4 nitrogen and oxygen atoms in total. The fraction of sp³-hybridized carbons (Fsp3) is 0.600. The maximum atomic E-state index is 11.8. The molecule has 1 aromatic rings. The Morgan fingerprint density at radius 1 is 1.32 bits per heavy atom. The van der Waals surface area contributed by atoms with Gasteiger partial charge in [0.25, 0.3) is 0 Å². The van der Waals surface area contributed by atoms with Crippen molar-refractivity contribution in [2.24, 2.45) is 0 Å². The van der Waals surface area contributed by atoms with Gasteiger partial charge in [0.2, 0.25) is 0 Å². The van der Waals surface area contributed by atoms with Crippen LogP contribution in [0.15, 0.2) is 24.4 Å². The molecule has 0 aliphatic rings. The Labute approximate surface area is 115 Å². The first kappa shape index (κ1) is 15.6. The van der Waals surface area contributed by atoms with Gasteiger partial charge in [-0.25, -0.2) is 0 Å². The van der Waals surface area contributed by atoms with Crippen molar-refractivity contribution < 1.29 is 9.53 Å². The average Bonchev–Trinajstić information content (AvgIpc) is 2.38. The maximum absolute atomic E-state index is 11.8. The van der Waals surface area contributed by atoms with Crippen molar-refractivity contribution in [2.45, 2.75) is 45.6 Å². The fourth-order valence-corrected chi connectivity index (χ4v) is 1.68. The van der Waals surface area contributed by atoms with Crippen LogP contribution in [0.25, 0.3) is 0 Å². The van der Waals surface area contributed by atoms with Crippen LogP contribution in [0.1, 0.15) is 40.3 Å². The topological polar surface area (TPSA) is 51.2 Å². The van der Waals surface area contributed by atoms with Crippen LogP contribution in [0.4, 0.5) is 0 Å². The normalized spacial score (nSPS) is 12.3. The summed E-state index contributed by atoms with van der Waals surface area (Å²) in [6.07, 6.45) is 1.79. The summed E-state index contributed by atoms with van der Waals surface area (Å²) in [6, 6.07) is 5.87. The van der Waals surface area contributed by atoms with Crippen molar-refractivity contribution in [1.29, 1.82) is 0 Å². The van der Waals surface area contributed by atoms with Gasteiger partial charge in [0.1, 0.15) is 5.54 Å². The third kappa shape index (κ3) is 4.31. The molecule has 0 aliphatic carbocycles. The second kappa shape index (κ2) is 6.15. The first-order valence-corrected chi connectivity index (χ1v) is 6.63. The van der Waals surface area contributed by atoms with Gasteiger partial charge in [-0.1, -0.05) is 19.9 Å². The number of aromatic nitrogens is 1. The van der Waals surface area contributed by atoms with Gasteiger partial charge in [0.15, 0.2) is 0 Å². The quantitative estimate of drug-likeness (QED) is 0.801. The van der Waals surface area contributed by atoms with E-state index in [1.54, 1.807) is 6.20 Å². The number of hydrogen-bond donors (Lipinski definition) is 1. The molecule has 1 rings (SSSR count). The number of pyridine rings is 1. The molecular weight excluding hydrogens is 240 g/mol. The van der Waals surface area contributed by atoms with Crippen LogP contribution in [0.2, 0.25) is 0 Å². The molecule has 19 heavy (non-hydrogen) atoms. The fourth-order valence-electron chi connectivity index (χ4n) is 1.68. The lowest BCUT2D eigenvalue weighted by Crippen LogP contribution is -2.51. The molecule has 4 heteroatoms. The van der Waals surface area contributed by atoms with Crippen molar-refractivity contribution >= 4 is 5.97 Å². The minimum atomic E-state index is -0.692. The molecule has 0 aromatic carbocycles. The molecular formula is C15H24N2O2. The van der Waals surface area contributed by atoms with Crippen molar-refractivity contribution in [3.63, 3.8) is 0 Å². The molecule has 0 unspecified atom stereocenters. The number of ether oxygens (including phenoxy) is 1. The zero-order chi connectivity index (χ0) is 14.5. The van der Waals surface area contributed by atoms with E-state index in [4.69, 9.17) is 4.74 Å². The van der Waals surface area contributed by atoms with Gasteiger partial charge >= 0.3 is 5.97 Å². The van der Waals surface area contributed by atoms with Gasteiger partial charge in [-0.2, -0.15) is 0 Å². The summed E-state index contributed by atoms with van der Waals surface area (Å²) in [7, 11) is 0.